The number of guanidine groups is 1. The Hall–Kier alpha value is -2.20. The van der Waals surface area contributed by atoms with Gasteiger partial charge in [-0.15, -0.1) is 35.3 Å². The minimum atomic E-state index is 0. The summed E-state index contributed by atoms with van der Waals surface area (Å²) in [5.74, 6) is 3.04. The van der Waals surface area contributed by atoms with E-state index in [-0.39, 0.29) is 24.0 Å². The maximum Gasteiger partial charge on any atom is 0.196 e. The number of hydrogen-bond acceptors (Lipinski definition) is 5. The maximum atomic E-state index is 5.66. The molecule has 6 nitrogen and oxygen atoms in total. The maximum absolute atomic E-state index is 5.66. The van der Waals surface area contributed by atoms with Crippen LogP contribution < -0.4 is 20.1 Å². The van der Waals surface area contributed by atoms with Crippen LogP contribution in [0.3, 0.4) is 0 Å². The Labute approximate surface area is 192 Å². The van der Waals surface area contributed by atoms with Gasteiger partial charge in [-0.05, 0) is 42.6 Å². The van der Waals surface area contributed by atoms with Gasteiger partial charge in [-0.3, -0.25) is 0 Å². The molecule has 3 aromatic rings. The second-order valence-electron chi connectivity index (χ2n) is 5.92. The van der Waals surface area contributed by atoms with Gasteiger partial charge in [0, 0.05) is 29.6 Å². The topological polar surface area (TPSA) is 68.0 Å². The summed E-state index contributed by atoms with van der Waals surface area (Å²) in [5.41, 5.74) is 0.875. The number of aliphatic imine (C=N–C) groups is 1. The van der Waals surface area contributed by atoms with Crippen LogP contribution in [0.25, 0.3) is 0 Å². The lowest BCUT2D eigenvalue weighted by Crippen LogP contribution is -2.32. The van der Waals surface area contributed by atoms with Crippen LogP contribution in [0.4, 0.5) is 5.69 Å². The summed E-state index contributed by atoms with van der Waals surface area (Å²) >= 11 is 1.69. The van der Waals surface area contributed by atoms with Crippen LogP contribution >= 0.6 is 35.3 Å². The van der Waals surface area contributed by atoms with Gasteiger partial charge in [-0.1, -0.05) is 6.07 Å². The molecule has 3 rings (SSSR count). The lowest BCUT2D eigenvalue weighted by atomic mass is 10.2. The average molecular weight is 527 g/mol. The Kier molecular flexibility index (Phi) is 9.85. The van der Waals surface area contributed by atoms with Gasteiger partial charge < -0.3 is 24.5 Å². The van der Waals surface area contributed by atoms with E-state index in [1.807, 2.05) is 43.3 Å². The lowest BCUT2D eigenvalue weighted by Gasteiger charge is -2.15. The van der Waals surface area contributed by atoms with Gasteiger partial charge >= 0.3 is 0 Å². The molecule has 0 atom stereocenters. The minimum Gasteiger partial charge on any atom is -0.493 e. The van der Waals surface area contributed by atoms with Gasteiger partial charge in [0.05, 0.1) is 26.5 Å². The molecular weight excluding hydrogens is 501 g/mol. The molecule has 156 valence electrons. The molecule has 0 radical (unpaired) electrons. The SMILES string of the molecule is CCOc1cc(NC(=NCc2cccs2)NCCc2ccco2)ccc1OC.I. The molecule has 0 amide bonds. The molecule has 2 aromatic heterocycles. The number of nitrogens with one attached hydrogen (secondary N) is 2. The third kappa shape index (κ3) is 7.28. The predicted molar refractivity (Wildman–Crippen MR) is 129 cm³/mol. The van der Waals surface area contributed by atoms with Crippen LogP contribution in [0.2, 0.25) is 0 Å². The van der Waals surface area contributed by atoms with Crippen molar-refractivity contribution in [2.24, 2.45) is 4.99 Å². The number of hydrogen-bond donors (Lipinski definition) is 2. The van der Waals surface area contributed by atoms with E-state index in [4.69, 9.17) is 18.9 Å². The first kappa shape index (κ1) is 23.1. The summed E-state index contributed by atoms with van der Waals surface area (Å²) in [7, 11) is 1.63. The van der Waals surface area contributed by atoms with Crippen molar-refractivity contribution < 1.29 is 13.9 Å². The van der Waals surface area contributed by atoms with Crippen molar-refractivity contribution in [3.8, 4) is 11.5 Å². The van der Waals surface area contributed by atoms with Crippen molar-refractivity contribution in [3.05, 3.63) is 64.7 Å². The smallest absolute Gasteiger partial charge is 0.196 e. The first-order valence-electron chi connectivity index (χ1n) is 9.19. The summed E-state index contributed by atoms with van der Waals surface area (Å²) in [6, 6.07) is 13.7. The van der Waals surface area contributed by atoms with Crippen LogP contribution in [-0.4, -0.2) is 26.2 Å². The number of furan rings is 1. The molecule has 0 bridgehead atoms. The molecule has 0 spiro atoms. The first-order valence-corrected chi connectivity index (χ1v) is 10.1. The number of rotatable bonds is 9. The number of nitrogens with zero attached hydrogens (tertiary/aromatic N) is 1. The largest absolute Gasteiger partial charge is 0.493 e. The van der Waals surface area contributed by atoms with Crippen LogP contribution in [0, 0.1) is 0 Å². The highest BCUT2D eigenvalue weighted by atomic mass is 127. The van der Waals surface area contributed by atoms with Crippen molar-refractivity contribution in [1.29, 1.82) is 0 Å². The van der Waals surface area contributed by atoms with Crippen LogP contribution in [0.5, 0.6) is 11.5 Å². The molecule has 2 heterocycles. The van der Waals surface area contributed by atoms with E-state index in [1.165, 1.54) is 4.88 Å². The zero-order valence-electron chi connectivity index (χ0n) is 16.5. The van der Waals surface area contributed by atoms with E-state index >= 15 is 0 Å². The number of ether oxygens (including phenoxy) is 2. The number of halogens is 1. The predicted octanol–water partition coefficient (Wildman–Crippen LogP) is 5.17. The standard InChI is InChI=1S/C21H25N3O3S.HI/c1-3-26-20-14-16(8-9-19(20)25-2)24-21(23-15-18-7-5-13-28-18)22-11-10-17-6-4-12-27-17;/h4-9,12-14H,3,10-11,15H2,1-2H3,(H2,22,23,24);1H. The van der Waals surface area contributed by atoms with Gasteiger partial charge in [0.25, 0.3) is 0 Å². The molecule has 0 saturated heterocycles. The number of thiophene rings is 1. The third-order valence-corrected chi connectivity index (χ3v) is 4.80. The molecule has 29 heavy (non-hydrogen) atoms. The highest BCUT2D eigenvalue weighted by molar-refractivity contribution is 14.0. The highest BCUT2D eigenvalue weighted by Gasteiger charge is 2.08. The Morgan fingerprint density at radius 1 is 1.17 bits per heavy atom. The third-order valence-electron chi connectivity index (χ3n) is 3.94. The zero-order chi connectivity index (χ0) is 19.6. The fourth-order valence-electron chi connectivity index (χ4n) is 2.62. The fourth-order valence-corrected chi connectivity index (χ4v) is 3.25. The normalized spacial score (nSPS) is 10.9. The van der Waals surface area contributed by atoms with Crippen molar-refractivity contribution in [3.63, 3.8) is 0 Å². The number of anilines is 1. The van der Waals surface area contributed by atoms with Crippen LogP contribution in [0.1, 0.15) is 17.6 Å². The van der Waals surface area contributed by atoms with Crippen molar-refractivity contribution in [2.75, 3.05) is 25.6 Å². The molecule has 0 aliphatic rings. The monoisotopic (exact) mass is 527 g/mol. The van der Waals surface area contributed by atoms with E-state index < -0.39 is 0 Å². The van der Waals surface area contributed by atoms with Gasteiger partial charge in [0.1, 0.15) is 5.76 Å². The van der Waals surface area contributed by atoms with Crippen LogP contribution in [0.15, 0.2) is 63.5 Å². The van der Waals surface area contributed by atoms with E-state index in [1.54, 1.807) is 24.7 Å². The minimum absolute atomic E-state index is 0. The first-order chi connectivity index (χ1) is 13.8. The highest BCUT2D eigenvalue weighted by Crippen LogP contribution is 2.30. The Morgan fingerprint density at radius 2 is 2.07 bits per heavy atom. The van der Waals surface area contributed by atoms with E-state index in [2.05, 4.69) is 22.1 Å². The fraction of sp³-hybridized carbons (Fsp3) is 0.286. The average Bonchev–Trinajstić information content (AvgIpc) is 3.41. The molecule has 8 heteroatoms. The van der Waals surface area contributed by atoms with E-state index in [0.29, 0.717) is 37.2 Å². The van der Waals surface area contributed by atoms with Crippen molar-refractivity contribution in [1.82, 2.24) is 5.32 Å². The van der Waals surface area contributed by atoms with Gasteiger partial charge in [-0.25, -0.2) is 4.99 Å². The Morgan fingerprint density at radius 3 is 2.76 bits per heavy atom. The van der Waals surface area contributed by atoms with Crippen molar-refractivity contribution in [2.45, 2.75) is 19.9 Å². The summed E-state index contributed by atoms with van der Waals surface area (Å²) in [5, 5.41) is 8.77. The van der Waals surface area contributed by atoms with Gasteiger partial charge in [-0.2, -0.15) is 0 Å². The molecule has 0 aliphatic heterocycles. The quantitative estimate of drug-likeness (QED) is 0.229. The van der Waals surface area contributed by atoms with Gasteiger partial charge in [0.15, 0.2) is 17.5 Å². The van der Waals surface area contributed by atoms with E-state index in [9.17, 15) is 0 Å². The summed E-state index contributed by atoms with van der Waals surface area (Å²) < 4.78 is 16.4. The summed E-state index contributed by atoms with van der Waals surface area (Å²) in [4.78, 5) is 5.91. The summed E-state index contributed by atoms with van der Waals surface area (Å²) in [6.45, 7) is 3.84. The molecular formula is C21H26IN3O3S. The Balaban J connectivity index is 0.00000300. The molecule has 0 aliphatic carbocycles. The molecule has 0 unspecified atom stereocenters. The molecule has 2 N–H and O–H groups in total. The number of methoxy groups -OCH3 is 1. The second kappa shape index (κ2) is 12.4. The molecule has 0 saturated carbocycles. The molecule has 1 aromatic carbocycles. The summed E-state index contributed by atoms with van der Waals surface area (Å²) in [6.07, 6.45) is 2.46. The zero-order valence-corrected chi connectivity index (χ0v) is 19.7. The number of benzene rings is 1. The van der Waals surface area contributed by atoms with Gasteiger partial charge in [0.2, 0.25) is 0 Å². The van der Waals surface area contributed by atoms with E-state index in [0.717, 1.165) is 17.9 Å². The lowest BCUT2D eigenvalue weighted by molar-refractivity contribution is 0.311. The van der Waals surface area contributed by atoms with Crippen LogP contribution in [-0.2, 0) is 13.0 Å². The van der Waals surface area contributed by atoms with Crippen molar-refractivity contribution >= 4 is 47.0 Å². The Bertz CT molecular complexity index is 867. The molecule has 0 fully saturated rings. The second-order valence-corrected chi connectivity index (χ2v) is 6.96.